The largest absolute Gasteiger partial charge is 0.466 e. The second-order valence-corrected chi connectivity index (χ2v) is 9.82. The van der Waals surface area contributed by atoms with Gasteiger partial charge in [0.25, 0.3) is 0 Å². The van der Waals surface area contributed by atoms with Crippen LogP contribution >= 0.6 is 0 Å². The van der Waals surface area contributed by atoms with Crippen LogP contribution in [0.3, 0.4) is 0 Å². The number of aryl methyl sites for hydroxylation is 2. The van der Waals surface area contributed by atoms with Gasteiger partial charge in [-0.3, -0.25) is 19.2 Å². The van der Waals surface area contributed by atoms with Crippen molar-refractivity contribution in [2.45, 2.75) is 51.7 Å². The molecule has 0 aliphatic carbocycles. The van der Waals surface area contributed by atoms with Crippen LogP contribution in [0.4, 0.5) is 0 Å². The molecule has 0 fully saturated rings. The molecule has 2 atom stereocenters. The average Bonchev–Trinajstić information content (AvgIpc) is 2.98. The quantitative estimate of drug-likeness (QED) is 0.256. The minimum Gasteiger partial charge on any atom is -0.466 e. The number of hydrogen-bond acceptors (Lipinski definition) is 10. The Balaban J connectivity index is 1.97. The molecule has 0 spiro atoms. The molecule has 4 rings (SSSR count). The summed E-state index contributed by atoms with van der Waals surface area (Å²) in [5.41, 5.74) is 3.06. The number of hydrogen-bond donors (Lipinski definition) is 0. The molecule has 4 bridgehead atoms. The first-order valence-electron chi connectivity index (χ1n) is 13.3. The van der Waals surface area contributed by atoms with Crippen molar-refractivity contribution < 1.29 is 47.7 Å². The fourth-order valence-electron chi connectivity index (χ4n) is 5.18. The van der Waals surface area contributed by atoms with Crippen molar-refractivity contribution in [1.29, 1.82) is 0 Å². The molecular weight excluding hydrogens is 544 g/mol. The molecule has 10 nitrogen and oxygen atoms in total. The summed E-state index contributed by atoms with van der Waals surface area (Å²) in [4.78, 5) is 76.9. The number of carbonyl (C=O) groups excluding carboxylic acids is 6. The van der Waals surface area contributed by atoms with E-state index in [2.05, 4.69) is 0 Å². The number of ketones is 2. The fourth-order valence-corrected chi connectivity index (χ4v) is 5.18. The van der Waals surface area contributed by atoms with Gasteiger partial charge < -0.3 is 18.9 Å². The van der Waals surface area contributed by atoms with Crippen LogP contribution in [-0.2, 0) is 51.0 Å². The molecule has 10 heteroatoms. The summed E-state index contributed by atoms with van der Waals surface area (Å²) >= 11 is 0. The van der Waals surface area contributed by atoms with Crippen LogP contribution in [0, 0.1) is 0 Å². The van der Waals surface area contributed by atoms with E-state index >= 15 is 0 Å². The maximum Gasteiger partial charge on any atom is 0.351 e. The van der Waals surface area contributed by atoms with Crippen LogP contribution in [0.2, 0.25) is 0 Å². The third-order valence-electron chi connectivity index (χ3n) is 7.15. The number of carbonyl (C=O) groups is 6. The number of Topliss-reactive ketones (excluding diaryl/α,β-unsaturated/α-hetero) is 2. The van der Waals surface area contributed by atoms with Crippen molar-refractivity contribution in [2.75, 3.05) is 14.2 Å². The third kappa shape index (κ3) is 6.07. The van der Waals surface area contributed by atoms with Gasteiger partial charge in [0.2, 0.25) is 12.2 Å². The van der Waals surface area contributed by atoms with E-state index < -0.39 is 36.1 Å². The number of rotatable bonds is 4. The van der Waals surface area contributed by atoms with E-state index in [0.717, 1.165) is 14.2 Å². The van der Waals surface area contributed by atoms with Crippen LogP contribution < -0.4 is 0 Å². The maximum atomic E-state index is 13.0. The predicted molar refractivity (Wildman–Crippen MR) is 150 cm³/mol. The topological polar surface area (TPSA) is 139 Å². The summed E-state index contributed by atoms with van der Waals surface area (Å²) in [5, 5.41) is 1.35. The van der Waals surface area contributed by atoms with Crippen molar-refractivity contribution in [3.05, 3.63) is 70.8 Å². The van der Waals surface area contributed by atoms with E-state index in [0.29, 0.717) is 33.0 Å². The minimum absolute atomic E-state index is 0.119. The number of cyclic esters (lactones) is 2. The summed E-state index contributed by atoms with van der Waals surface area (Å²) in [6.07, 6.45) is -4.00. The van der Waals surface area contributed by atoms with Crippen LogP contribution in [0.25, 0.3) is 21.9 Å². The predicted octanol–water partition coefficient (Wildman–Crippen LogP) is 3.96. The fraction of sp³-hybridized carbons (Fsp3) is 0.312. The smallest absolute Gasteiger partial charge is 0.351 e. The molecule has 0 saturated carbocycles. The van der Waals surface area contributed by atoms with Gasteiger partial charge in [-0.25, -0.2) is 9.59 Å². The van der Waals surface area contributed by atoms with E-state index in [1.807, 2.05) is 12.1 Å². The lowest BCUT2D eigenvalue weighted by atomic mass is 9.83. The average molecular weight is 575 g/mol. The van der Waals surface area contributed by atoms with Crippen LogP contribution in [0.15, 0.2) is 48.5 Å². The zero-order valence-electron chi connectivity index (χ0n) is 23.7. The Morgan fingerprint density at radius 3 is 1.79 bits per heavy atom. The highest BCUT2D eigenvalue weighted by molar-refractivity contribution is 6.18. The molecule has 1 aliphatic heterocycles. The van der Waals surface area contributed by atoms with Crippen molar-refractivity contribution in [1.82, 2.24) is 0 Å². The van der Waals surface area contributed by atoms with Gasteiger partial charge in [-0.05, 0) is 60.2 Å². The lowest BCUT2D eigenvalue weighted by Gasteiger charge is -2.24. The molecule has 42 heavy (non-hydrogen) atoms. The zero-order chi connectivity index (χ0) is 30.6. The van der Waals surface area contributed by atoms with Gasteiger partial charge in [0.15, 0.2) is 11.6 Å². The van der Waals surface area contributed by atoms with E-state index in [9.17, 15) is 28.8 Å². The molecule has 0 radical (unpaired) electrons. The van der Waals surface area contributed by atoms with Crippen LogP contribution in [0.5, 0.6) is 0 Å². The number of ether oxygens (including phenoxy) is 4. The first-order valence-corrected chi connectivity index (χ1v) is 13.3. The molecule has 0 unspecified atom stereocenters. The highest BCUT2D eigenvalue weighted by Crippen LogP contribution is 2.39. The second-order valence-electron chi connectivity index (χ2n) is 9.82. The number of fused-ring (bicyclic) bond motifs is 2. The summed E-state index contributed by atoms with van der Waals surface area (Å²) in [7, 11) is 2.08. The Morgan fingerprint density at radius 1 is 0.690 bits per heavy atom. The van der Waals surface area contributed by atoms with Gasteiger partial charge in [-0.15, -0.1) is 0 Å². The van der Waals surface area contributed by atoms with Crippen molar-refractivity contribution in [3.63, 3.8) is 0 Å². The molecular formula is C32H30O10. The summed E-state index contributed by atoms with van der Waals surface area (Å²) in [5.74, 6) is -4.54. The normalized spacial score (nSPS) is 17.5. The van der Waals surface area contributed by atoms with E-state index in [1.54, 1.807) is 36.4 Å². The van der Waals surface area contributed by atoms with Gasteiger partial charge in [0.1, 0.15) is 0 Å². The molecule has 0 N–H and O–H groups in total. The molecule has 1 heterocycles. The molecule has 218 valence electrons. The molecule has 3 aromatic rings. The van der Waals surface area contributed by atoms with E-state index in [1.165, 1.54) is 13.8 Å². The lowest BCUT2D eigenvalue weighted by molar-refractivity contribution is -0.189. The van der Waals surface area contributed by atoms with E-state index in [-0.39, 0.29) is 48.4 Å². The van der Waals surface area contributed by atoms with Crippen LogP contribution in [-0.4, -0.2) is 61.9 Å². The van der Waals surface area contributed by atoms with Gasteiger partial charge in [0, 0.05) is 29.5 Å². The Labute approximate surface area is 241 Å². The van der Waals surface area contributed by atoms with Gasteiger partial charge in [0.05, 0.1) is 14.2 Å². The Kier molecular flexibility index (Phi) is 9.15. The Bertz CT molecular complexity index is 1600. The van der Waals surface area contributed by atoms with Crippen molar-refractivity contribution in [3.8, 4) is 11.1 Å². The molecule has 3 aromatic carbocycles. The summed E-state index contributed by atoms with van der Waals surface area (Å²) < 4.78 is 20.1. The summed E-state index contributed by atoms with van der Waals surface area (Å²) in [6, 6.07) is 14.3. The SMILES string of the molecule is COC(=O)[C@@H]1OC(=O)CCc2ccccc2-c2c(C(C)=O)c(C(C)=O)cc3c(cccc23)CCC(=O)O[C@H]1C(=O)OC. The Hall–Kier alpha value is -4.86. The zero-order valence-corrected chi connectivity index (χ0v) is 23.7. The number of esters is 4. The first kappa shape index (κ1) is 30.1. The standard InChI is InChI=1S/C32H30O10/c1-17(33)23-16-24-20-9-7-11-22(24)28(27(23)18(2)34)21-10-6-5-8-19(21)12-14-25(35)41-29(31(37)39-3)30(32(38)40-4)42-26(36)15-13-20/h5-11,16,29-30H,12-15H2,1-4H3/t29-,30-/m1/s1. The Morgan fingerprint density at radius 2 is 1.24 bits per heavy atom. The van der Waals surface area contributed by atoms with Crippen LogP contribution in [0.1, 0.15) is 58.5 Å². The highest BCUT2D eigenvalue weighted by atomic mass is 16.6. The number of benzene rings is 3. The maximum absolute atomic E-state index is 13.0. The second kappa shape index (κ2) is 12.8. The third-order valence-corrected chi connectivity index (χ3v) is 7.15. The van der Waals surface area contributed by atoms with Gasteiger partial charge in [-0.2, -0.15) is 0 Å². The monoisotopic (exact) mass is 574 g/mol. The van der Waals surface area contributed by atoms with Crippen molar-refractivity contribution in [2.24, 2.45) is 0 Å². The molecule has 1 aliphatic rings. The number of methoxy groups -OCH3 is 2. The van der Waals surface area contributed by atoms with Gasteiger partial charge >= 0.3 is 23.9 Å². The van der Waals surface area contributed by atoms with E-state index in [4.69, 9.17) is 18.9 Å². The van der Waals surface area contributed by atoms with Crippen molar-refractivity contribution >= 4 is 46.2 Å². The minimum atomic E-state index is -1.89. The molecule has 0 amide bonds. The molecule has 0 aromatic heterocycles. The first-order chi connectivity index (χ1) is 20.1. The highest BCUT2D eigenvalue weighted by Gasteiger charge is 2.42. The molecule has 0 saturated heterocycles. The summed E-state index contributed by atoms with van der Waals surface area (Å²) in [6.45, 7) is 2.78. The lowest BCUT2D eigenvalue weighted by Crippen LogP contribution is -2.47. The van der Waals surface area contributed by atoms with Gasteiger partial charge in [-0.1, -0.05) is 42.5 Å².